The first kappa shape index (κ1) is 27.8. The Hall–Kier alpha value is -2.24. The van der Waals surface area contributed by atoms with Gasteiger partial charge in [0.15, 0.2) is 0 Å². The van der Waals surface area contributed by atoms with E-state index >= 15 is 0 Å². The fraction of sp³-hybridized carbons (Fsp3) is 0.789. The zero-order chi connectivity index (χ0) is 22.6. The SMILES string of the molecule is CC(=O)OCCOCCN(CCOCCOC(C)=O)CCC(=O)OCCOC(C)=O. The maximum absolute atomic E-state index is 11.8. The van der Waals surface area contributed by atoms with Crippen molar-refractivity contribution in [1.82, 2.24) is 4.90 Å². The van der Waals surface area contributed by atoms with Gasteiger partial charge in [0.1, 0.15) is 26.4 Å². The van der Waals surface area contributed by atoms with E-state index in [1.54, 1.807) is 0 Å². The minimum Gasteiger partial charge on any atom is -0.463 e. The molecule has 0 aliphatic heterocycles. The molecule has 0 rings (SSSR count). The smallest absolute Gasteiger partial charge is 0.307 e. The van der Waals surface area contributed by atoms with Gasteiger partial charge < -0.3 is 28.4 Å². The van der Waals surface area contributed by atoms with Gasteiger partial charge in [-0.05, 0) is 0 Å². The number of carbonyl (C=O) groups excluding carboxylic acids is 4. The van der Waals surface area contributed by atoms with Crippen LogP contribution in [0.5, 0.6) is 0 Å². The van der Waals surface area contributed by atoms with Crippen LogP contribution in [0.4, 0.5) is 0 Å². The van der Waals surface area contributed by atoms with E-state index in [9.17, 15) is 19.2 Å². The molecule has 0 radical (unpaired) electrons. The second-order valence-corrected chi connectivity index (χ2v) is 6.06. The number of hydrogen-bond donors (Lipinski definition) is 0. The van der Waals surface area contributed by atoms with Crippen molar-refractivity contribution in [3.63, 3.8) is 0 Å². The molecule has 0 amide bonds. The summed E-state index contributed by atoms with van der Waals surface area (Å²) >= 11 is 0. The molecule has 0 spiro atoms. The molecule has 0 aromatic rings. The molecule has 11 heteroatoms. The highest BCUT2D eigenvalue weighted by Crippen LogP contribution is 1.96. The molecular formula is C19H33NO10. The van der Waals surface area contributed by atoms with Gasteiger partial charge in [-0.25, -0.2) is 0 Å². The Labute approximate surface area is 176 Å². The van der Waals surface area contributed by atoms with E-state index in [-0.39, 0.29) is 58.0 Å². The summed E-state index contributed by atoms with van der Waals surface area (Å²) in [6.45, 7) is 7.17. The van der Waals surface area contributed by atoms with E-state index in [4.69, 9.17) is 28.4 Å². The summed E-state index contributed by atoms with van der Waals surface area (Å²) in [6, 6.07) is 0. The Morgan fingerprint density at radius 1 is 0.533 bits per heavy atom. The number of hydrogen-bond acceptors (Lipinski definition) is 11. The third-order valence-electron chi connectivity index (χ3n) is 3.45. The Balaban J connectivity index is 4.11. The predicted octanol–water partition coefficient (Wildman–Crippen LogP) is -0.0558. The van der Waals surface area contributed by atoms with Crippen LogP contribution in [-0.4, -0.2) is 101 Å². The van der Waals surface area contributed by atoms with Gasteiger partial charge in [-0.1, -0.05) is 0 Å². The normalized spacial score (nSPS) is 10.5. The summed E-state index contributed by atoms with van der Waals surface area (Å²) in [4.78, 5) is 45.8. The van der Waals surface area contributed by atoms with E-state index in [1.807, 2.05) is 4.90 Å². The minimum absolute atomic E-state index is 0.0108. The van der Waals surface area contributed by atoms with Crippen molar-refractivity contribution in [3.05, 3.63) is 0 Å². The summed E-state index contributed by atoms with van der Waals surface area (Å²) in [7, 11) is 0. The van der Waals surface area contributed by atoms with Crippen molar-refractivity contribution >= 4 is 23.9 Å². The number of esters is 4. The van der Waals surface area contributed by atoms with Gasteiger partial charge in [0.05, 0.1) is 32.8 Å². The van der Waals surface area contributed by atoms with Crippen LogP contribution in [0.25, 0.3) is 0 Å². The van der Waals surface area contributed by atoms with Crippen molar-refractivity contribution in [2.45, 2.75) is 27.2 Å². The van der Waals surface area contributed by atoms with Crippen molar-refractivity contribution in [3.8, 4) is 0 Å². The second-order valence-electron chi connectivity index (χ2n) is 6.06. The standard InChI is InChI=1S/C19H33NO10/c1-16(21)27-12-10-25-8-6-20(7-9-26-11-13-28-17(2)22)5-4-19(24)30-15-14-29-18(3)23/h4-15H2,1-3H3. The first-order valence-electron chi connectivity index (χ1n) is 9.74. The van der Waals surface area contributed by atoms with Crippen LogP contribution in [0, 0.1) is 0 Å². The lowest BCUT2D eigenvalue weighted by atomic mass is 10.3. The maximum atomic E-state index is 11.8. The molecule has 30 heavy (non-hydrogen) atoms. The first-order chi connectivity index (χ1) is 14.3. The monoisotopic (exact) mass is 435 g/mol. The van der Waals surface area contributed by atoms with Crippen LogP contribution < -0.4 is 0 Å². The van der Waals surface area contributed by atoms with Crippen molar-refractivity contribution < 1.29 is 47.6 Å². The largest absolute Gasteiger partial charge is 0.463 e. The van der Waals surface area contributed by atoms with Crippen LogP contribution in [0.2, 0.25) is 0 Å². The lowest BCUT2D eigenvalue weighted by molar-refractivity contribution is -0.151. The number of carbonyl (C=O) groups is 4. The predicted molar refractivity (Wildman–Crippen MR) is 104 cm³/mol. The molecule has 0 bridgehead atoms. The maximum Gasteiger partial charge on any atom is 0.307 e. The third kappa shape index (κ3) is 20.5. The molecule has 174 valence electrons. The first-order valence-corrected chi connectivity index (χ1v) is 9.74. The molecule has 0 saturated carbocycles. The Bertz CT molecular complexity index is 486. The molecule has 0 unspecified atom stereocenters. The zero-order valence-corrected chi connectivity index (χ0v) is 18.0. The van der Waals surface area contributed by atoms with Crippen LogP contribution in [0.1, 0.15) is 27.2 Å². The second kappa shape index (κ2) is 18.8. The highest BCUT2D eigenvalue weighted by molar-refractivity contribution is 5.69. The van der Waals surface area contributed by atoms with Crippen LogP contribution in [0.15, 0.2) is 0 Å². The van der Waals surface area contributed by atoms with Crippen molar-refractivity contribution in [1.29, 1.82) is 0 Å². The van der Waals surface area contributed by atoms with Gasteiger partial charge in [0, 0.05) is 40.4 Å². The lowest BCUT2D eigenvalue weighted by Gasteiger charge is -2.22. The lowest BCUT2D eigenvalue weighted by Crippen LogP contribution is -2.34. The third-order valence-corrected chi connectivity index (χ3v) is 3.45. The van der Waals surface area contributed by atoms with Crippen molar-refractivity contribution in [2.24, 2.45) is 0 Å². The molecular weight excluding hydrogens is 402 g/mol. The number of nitrogens with zero attached hydrogens (tertiary/aromatic N) is 1. The fourth-order valence-corrected chi connectivity index (χ4v) is 2.08. The molecule has 0 N–H and O–H groups in total. The summed E-state index contributed by atoms with van der Waals surface area (Å²) in [5.41, 5.74) is 0. The minimum atomic E-state index is -0.431. The van der Waals surface area contributed by atoms with Gasteiger partial charge in [-0.3, -0.25) is 24.1 Å². The summed E-state index contributed by atoms with van der Waals surface area (Å²) < 4.78 is 30.1. The topological polar surface area (TPSA) is 127 Å². The molecule has 0 saturated heterocycles. The van der Waals surface area contributed by atoms with Gasteiger partial charge >= 0.3 is 23.9 Å². The van der Waals surface area contributed by atoms with Crippen LogP contribution in [-0.2, 0) is 47.6 Å². The average molecular weight is 435 g/mol. The Morgan fingerprint density at radius 2 is 0.933 bits per heavy atom. The van der Waals surface area contributed by atoms with E-state index in [0.717, 1.165) is 0 Å². The van der Waals surface area contributed by atoms with Gasteiger partial charge in [-0.2, -0.15) is 0 Å². The van der Waals surface area contributed by atoms with E-state index < -0.39 is 11.9 Å². The Kier molecular flexibility index (Phi) is 17.4. The molecule has 0 aromatic carbocycles. The Morgan fingerprint density at radius 3 is 1.37 bits per heavy atom. The van der Waals surface area contributed by atoms with Gasteiger partial charge in [0.2, 0.25) is 0 Å². The number of rotatable bonds is 18. The molecule has 0 aromatic heterocycles. The van der Waals surface area contributed by atoms with Crippen LogP contribution >= 0.6 is 0 Å². The highest BCUT2D eigenvalue weighted by atomic mass is 16.6. The van der Waals surface area contributed by atoms with Gasteiger partial charge in [-0.15, -0.1) is 0 Å². The molecule has 0 aliphatic rings. The van der Waals surface area contributed by atoms with Crippen LogP contribution in [0.3, 0.4) is 0 Å². The van der Waals surface area contributed by atoms with E-state index in [2.05, 4.69) is 0 Å². The average Bonchev–Trinajstić information content (AvgIpc) is 2.67. The van der Waals surface area contributed by atoms with Crippen molar-refractivity contribution in [2.75, 3.05) is 72.5 Å². The quantitative estimate of drug-likeness (QED) is 0.163. The van der Waals surface area contributed by atoms with E-state index in [0.29, 0.717) is 32.8 Å². The van der Waals surface area contributed by atoms with Gasteiger partial charge in [0.25, 0.3) is 0 Å². The van der Waals surface area contributed by atoms with E-state index in [1.165, 1.54) is 20.8 Å². The number of ether oxygens (including phenoxy) is 6. The molecule has 0 aliphatic carbocycles. The molecule has 0 fully saturated rings. The molecule has 11 nitrogen and oxygen atoms in total. The molecule has 0 atom stereocenters. The summed E-state index contributed by atoms with van der Waals surface area (Å²) in [5.74, 6) is -1.56. The highest BCUT2D eigenvalue weighted by Gasteiger charge is 2.10. The fourth-order valence-electron chi connectivity index (χ4n) is 2.08. The molecule has 0 heterocycles. The summed E-state index contributed by atoms with van der Waals surface area (Å²) in [5, 5.41) is 0. The zero-order valence-electron chi connectivity index (χ0n) is 18.0. The summed E-state index contributed by atoms with van der Waals surface area (Å²) in [6.07, 6.45) is 0.154.